The molecule has 0 amide bonds. The molecule has 2 aromatic rings. The number of rotatable bonds is 4. The third-order valence-corrected chi connectivity index (χ3v) is 4.33. The van der Waals surface area contributed by atoms with Crippen molar-refractivity contribution in [2.75, 3.05) is 19.6 Å². The molecule has 2 nitrogen and oxygen atoms in total. The Bertz CT molecular complexity index is 560. The van der Waals surface area contributed by atoms with Crippen molar-refractivity contribution >= 4 is 10.8 Å². The van der Waals surface area contributed by atoms with Crippen molar-refractivity contribution < 1.29 is 5.11 Å². The number of hydrogen-bond acceptors (Lipinski definition) is 2. The summed E-state index contributed by atoms with van der Waals surface area (Å²) in [4.78, 5) is 2.48. The molecule has 20 heavy (non-hydrogen) atoms. The smallest absolute Gasteiger partial charge is 0.0802 e. The maximum atomic E-state index is 10.4. The zero-order chi connectivity index (χ0) is 13.8. The molecule has 0 unspecified atom stereocenters. The van der Waals surface area contributed by atoms with Gasteiger partial charge in [-0.05, 0) is 54.8 Å². The lowest BCUT2D eigenvalue weighted by atomic mass is 10.0. The summed E-state index contributed by atoms with van der Waals surface area (Å²) in [6.45, 7) is 3.41. The highest BCUT2D eigenvalue weighted by Crippen LogP contribution is 2.23. The van der Waals surface area contributed by atoms with Gasteiger partial charge in [0.25, 0.3) is 0 Å². The summed E-state index contributed by atoms with van der Waals surface area (Å²) in [5.41, 5.74) is 1.04. The molecule has 2 heteroatoms. The molecule has 1 fully saturated rings. The van der Waals surface area contributed by atoms with Crippen LogP contribution in [0.4, 0.5) is 0 Å². The van der Waals surface area contributed by atoms with E-state index >= 15 is 0 Å². The predicted octanol–water partition coefficient (Wildman–Crippen LogP) is 3.75. The number of hydrogen-bond donors (Lipinski definition) is 1. The standard InChI is InChI=1S/C18H23NO/c20-18(10-13-19-11-4-1-5-12-19)17-9-8-15-6-2-3-7-16(15)14-17/h2-3,6-9,14,18,20H,1,4-5,10-13H2/t18-/m1/s1. The van der Waals surface area contributed by atoms with E-state index in [-0.39, 0.29) is 6.10 Å². The SMILES string of the molecule is O[C@H](CCN1CCCCC1)c1ccc2ccccc2c1. The third-order valence-electron chi connectivity index (χ3n) is 4.33. The van der Waals surface area contributed by atoms with Crippen LogP contribution in [0, 0.1) is 0 Å². The molecule has 1 aliphatic heterocycles. The van der Waals surface area contributed by atoms with E-state index in [1.807, 2.05) is 6.07 Å². The number of fused-ring (bicyclic) bond motifs is 1. The van der Waals surface area contributed by atoms with Gasteiger partial charge in [0.1, 0.15) is 0 Å². The molecular weight excluding hydrogens is 246 g/mol. The highest BCUT2D eigenvalue weighted by atomic mass is 16.3. The molecule has 0 saturated carbocycles. The van der Waals surface area contributed by atoms with E-state index in [1.54, 1.807) is 0 Å². The Morgan fingerprint density at radius 3 is 2.50 bits per heavy atom. The first-order valence-electron chi connectivity index (χ1n) is 7.72. The first kappa shape index (κ1) is 13.6. The summed E-state index contributed by atoms with van der Waals surface area (Å²) >= 11 is 0. The molecule has 0 aromatic heterocycles. The molecule has 1 aliphatic rings. The zero-order valence-electron chi connectivity index (χ0n) is 12.0. The van der Waals surface area contributed by atoms with Crippen LogP contribution in [0.2, 0.25) is 0 Å². The lowest BCUT2D eigenvalue weighted by Crippen LogP contribution is -2.31. The van der Waals surface area contributed by atoms with Gasteiger partial charge in [-0.3, -0.25) is 0 Å². The fraction of sp³-hybridized carbons (Fsp3) is 0.444. The fourth-order valence-electron chi connectivity index (χ4n) is 3.07. The van der Waals surface area contributed by atoms with E-state index in [9.17, 15) is 5.11 Å². The summed E-state index contributed by atoms with van der Waals surface area (Å²) in [5, 5.41) is 12.8. The van der Waals surface area contributed by atoms with Crippen molar-refractivity contribution in [1.82, 2.24) is 4.90 Å². The summed E-state index contributed by atoms with van der Waals surface area (Å²) in [6, 6.07) is 14.6. The van der Waals surface area contributed by atoms with Crippen molar-refractivity contribution in [1.29, 1.82) is 0 Å². The minimum Gasteiger partial charge on any atom is -0.388 e. The van der Waals surface area contributed by atoms with Crippen LogP contribution in [0.3, 0.4) is 0 Å². The normalized spacial score (nSPS) is 18.2. The minimum atomic E-state index is -0.346. The molecule has 1 N–H and O–H groups in total. The van der Waals surface area contributed by atoms with Crippen molar-refractivity contribution in [3.8, 4) is 0 Å². The fourth-order valence-corrected chi connectivity index (χ4v) is 3.07. The van der Waals surface area contributed by atoms with Gasteiger partial charge < -0.3 is 10.0 Å². The number of piperidine rings is 1. The van der Waals surface area contributed by atoms with E-state index < -0.39 is 0 Å². The van der Waals surface area contributed by atoms with E-state index in [2.05, 4.69) is 41.3 Å². The maximum Gasteiger partial charge on any atom is 0.0802 e. The summed E-state index contributed by atoms with van der Waals surface area (Å²) in [6.07, 6.45) is 4.47. The van der Waals surface area contributed by atoms with Gasteiger partial charge in [0.2, 0.25) is 0 Å². The van der Waals surface area contributed by atoms with Crippen LogP contribution >= 0.6 is 0 Å². The van der Waals surface area contributed by atoms with Crippen LogP contribution in [-0.4, -0.2) is 29.6 Å². The zero-order valence-corrected chi connectivity index (χ0v) is 12.0. The van der Waals surface area contributed by atoms with Crippen LogP contribution in [0.15, 0.2) is 42.5 Å². The number of aliphatic hydroxyl groups excluding tert-OH is 1. The second-order valence-corrected chi connectivity index (χ2v) is 5.81. The first-order valence-corrected chi connectivity index (χ1v) is 7.72. The number of aliphatic hydroxyl groups is 1. The Kier molecular flexibility index (Phi) is 4.34. The Morgan fingerprint density at radius 1 is 0.950 bits per heavy atom. The van der Waals surface area contributed by atoms with Crippen molar-refractivity contribution in [3.05, 3.63) is 48.0 Å². The molecule has 1 heterocycles. The van der Waals surface area contributed by atoms with E-state index in [0.29, 0.717) is 0 Å². The molecule has 106 valence electrons. The Labute approximate surface area is 121 Å². The largest absolute Gasteiger partial charge is 0.388 e. The molecule has 0 spiro atoms. The lowest BCUT2D eigenvalue weighted by molar-refractivity contribution is 0.134. The number of benzene rings is 2. The Morgan fingerprint density at radius 2 is 1.70 bits per heavy atom. The molecule has 3 rings (SSSR count). The van der Waals surface area contributed by atoms with Crippen molar-refractivity contribution in [3.63, 3.8) is 0 Å². The number of likely N-dealkylation sites (tertiary alicyclic amines) is 1. The lowest BCUT2D eigenvalue weighted by Gasteiger charge is -2.27. The van der Waals surface area contributed by atoms with Gasteiger partial charge in [0, 0.05) is 6.54 Å². The van der Waals surface area contributed by atoms with Crippen LogP contribution in [0.1, 0.15) is 37.4 Å². The van der Waals surface area contributed by atoms with E-state index in [4.69, 9.17) is 0 Å². The minimum absolute atomic E-state index is 0.346. The topological polar surface area (TPSA) is 23.5 Å². The molecule has 0 bridgehead atoms. The highest BCUT2D eigenvalue weighted by molar-refractivity contribution is 5.83. The first-order chi connectivity index (χ1) is 9.83. The van der Waals surface area contributed by atoms with Crippen LogP contribution in [0.5, 0.6) is 0 Å². The van der Waals surface area contributed by atoms with Gasteiger partial charge >= 0.3 is 0 Å². The third kappa shape index (κ3) is 3.20. The number of nitrogens with zero attached hydrogens (tertiary/aromatic N) is 1. The van der Waals surface area contributed by atoms with Crippen LogP contribution < -0.4 is 0 Å². The van der Waals surface area contributed by atoms with Gasteiger partial charge in [-0.25, -0.2) is 0 Å². The molecule has 0 radical (unpaired) electrons. The molecule has 1 saturated heterocycles. The average molecular weight is 269 g/mol. The summed E-state index contributed by atoms with van der Waals surface area (Å²) < 4.78 is 0. The van der Waals surface area contributed by atoms with E-state index in [0.717, 1.165) is 18.5 Å². The Balaban J connectivity index is 1.64. The molecule has 2 aromatic carbocycles. The van der Waals surface area contributed by atoms with Gasteiger partial charge in [0.15, 0.2) is 0 Å². The second kappa shape index (κ2) is 6.38. The van der Waals surface area contributed by atoms with Gasteiger partial charge in [0.05, 0.1) is 6.10 Å². The Hall–Kier alpha value is -1.38. The maximum absolute atomic E-state index is 10.4. The molecule has 1 atom stereocenters. The predicted molar refractivity (Wildman–Crippen MR) is 83.8 cm³/mol. The van der Waals surface area contributed by atoms with Crippen LogP contribution in [0.25, 0.3) is 10.8 Å². The van der Waals surface area contributed by atoms with Crippen molar-refractivity contribution in [2.24, 2.45) is 0 Å². The highest BCUT2D eigenvalue weighted by Gasteiger charge is 2.13. The second-order valence-electron chi connectivity index (χ2n) is 5.81. The summed E-state index contributed by atoms with van der Waals surface area (Å²) in [7, 11) is 0. The van der Waals surface area contributed by atoms with Gasteiger partial charge in [-0.2, -0.15) is 0 Å². The quantitative estimate of drug-likeness (QED) is 0.913. The monoisotopic (exact) mass is 269 g/mol. The van der Waals surface area contributed by atoms with Crippen molar-refractivity contribution in [2.45, 2.75) is 31.8 Å². The summed E-state index contributed by atoms with van der Waals surface area (Å²) in [5.74, 6) is 0. The molecule has 0 aliphatic carbocycles. The van der Waals surface area contributed by atoms with Crippen LogP contribution in [-0.2, 0) is 0 Å². The molecular formula is C18H23NO. The van der Waals surface area contributed by atoms with Gasteiger partial charge in [-0.1, -0.05) is 42.8 Å². The van der Waals surface area contributed by atoms with E-state index in [1.165, 1.54) is 43.1 Å². The van der Waals surface area contributed by atoms with Gasteiger partial charge in [-0.15, -0.1) is 0 Å². The average Bonchev–Trinajstić information content (AvgIpc) is 2.53.